The van der Waals surface area contributed by atoms with Crippen molar-refractivity contribution < 1.29 is 13.2 Å². The molecule has 23 heavy (non-hydrogen) atoms. The van der Waals surface area contributed by atoms with E-state index in [9.17, 15) is 13.2 Å². The van der Waals surface area contributed by atoms with E-state index in [1.165, 1.54) is 7.05 Å². The first-order valence-corrected chi connectivity index (χ1v) is 8.79. The van der Waals surface area contributed by atoms with Gasteiger partial charge in [0.1, 0.15) is 5.70 Å². The molecule has 1 aliphatic carbocycles. The van der Waals surface area contributed by atoms with Gasteiger partial charge in [-0.25, -0.2) is 8.42 Å². The highest BCUT2D eigenvalue weighted by atomic mass is 32.2. The van der Waals surface area contributed by atoms with Crippen LogP contribution in [0.5, 0.6) is 0 Å². The molecular formula is C16H19N3O3S. The molecule has 1 N–H and O–H groups in total. The number of carbonyl (C=O) groups is 1. The normalized spacial score (nSPS) is 22.8. The first kappa shape index (κ1) is 15.7. The summed E-state index contributed by atoms with van der Waals surface area (Å²) in [5.41, 5.74) is 4.17. The number of amides is 1. The van der Waals surface area contributed by atoms with Crippen LogP contribution in [0.2, 0.25) is 0 Å². The molecule has 0 unspecified atom stereocenters. The third kappa shape index (κ3) is 2.35. The SMILES string of the molecule is CC1=CC2=C(C1)C(C)=C(C(=O)NC1=C(C)CN=C1)N(C)S2(=O)=O. The first-order valence-electron chi connectivity index (χ1n) is 7.35. The molecule has 1 amide bonds. The van der Waals surface area contributed by atoms with Gasteiger partial charge in [-0.3, -0.25) is 14.1 Å². The second-order valence-electron chi connectivity index (χ2n) is 6.07. The number of likely N-dealkylation sites (N-methyl/N-ethyl adjacent to an activating group) is 1. The average Bonchev–Trinajstić information content (AvgIpc) is 3.05. The zero-order valence-electron chi connectivity index (χ0n) is 13.6. The maximum atomic E-state index is 12.7. The number of rotatable bonds is 2. The van der Waals surface area contributed by atoms with Gasteiger partial charge in [-0.15, -0.1) is 0 Å². The molecule has 0 spiro atoms. The number of sulfonamides is 1. The number of carbonyl (C=O) groups excluding carboxylic acids is 1. The maximum Gasteiger partial charge on any atom is 0.273 e. The van der Waals surface area contributed by atoms with Crippen LogP contribution in [0.3, 0.4) is 0 Å². The van der Waals surface area contributed by atoms with Gasteiger partial charge in [-0.05, 0) is 50.0 Å². The molecule has 0 aromatic carbocycles. The van der Waals surface area contributed by atoms with Crippen molar-refractivity contribution in [3.05, 3.63) is 44.7 Å². The quantitative estimate of drug-likeness (QED) is 0.834. The minimum absolute atomic E-state index is 0.174. The van der Waals surface area contributed by atoms with Crippen molar-refractivity contribution in [1.82, 2.24) is 9.62 Å². The van der Waals surface area contributed by atoms with Crippen LogP contribution < -0.4 is 5.32 Å². The van der Waals surface area contributed by atoms with Crippen LogP contribution >= 0.6 is 0 Å². The highest BCUT2D eigenvalue weighted by molar-refractivity contribution is 7.93. The number of nitrogens with zero attached hydrogens (tertiary/aromatic N) is 2. The van der Waals surface area contributed by atoms with Crippen LogP contribution in [-0.2, 0) is 14.8 Å². The number of hydrogen-bond acceptors (Lipinski definition) is 4. The highest BCUT2D eigenvalue weighted by Gasteiger charge is 2.39. The average molecular weight is 333 g/mol. The summed E-state index contributed by atoms with van der Waals surface area (Å²) < 4.78 is 26.4. The minimum Gasteiger partial charge on any atom is -0.319 e. The van der Waals surface area contributed by atoms with Gasteiger partial charge in [0.05, 0.1) is 17.1 Å². The van der Waals surface area contributed by atoms with Crippen molar-refractivity contribution in [1.29, 1.82) is 0 Å². The van der Waals surface area contributed by atoms with Gasteiger partial charge >= 0.3 is 0 Å². The summed E-state index contributed by atoms with van der Waals surface area (Å²) in [6, 6.07) is 0. The van der Waals surface area contributed by atoms with Crippen LogP contribution in [0.15, 0.2) is 49.7 Å². The van der Waals surface area contributed by atoms with E-state index in [0.717, 1.165) is 21.0 Å². The fourth-order valence-electron chi connectivity index (χ4n) is 3.03. The van der Waals surface area contributed by atoms with E-state index in [2.05, 4.69) is 10.3 Å². The van der Waals surface area contributed by atoms with Gasteiger partial charge < -0.3 is 5.32 Å². The molecule has 2 heterocycles. The minimum atomic E-state index is -3.68. The molecular weight excluding hydrogens is 314 g/mol. The van der Waals surface area contributed by atoms with Crippen LogP contribution in [0, 0.1) is 0 Å². The standard InChI is InChI=1S/C16H19N3O3S/c1-9-5-12-11(3)15(19(4)23(21,22)14(12)6-9)16(20)18-13-8-17-7-10(13)2/h6,8H,5,7H2,1-4H3,(H,18,20). The van der Waals surface area contributed by atoms with Crippen molar-refractivity contribution in [2.75, 3.05) is 13.6 Å². The zero-order chi connectivity index (χ0) is 16.9. The Labute approximate surface area is 136 Å². The van der Waals surface area contributed by atoms with E-state index in [4.69, 9.17) is 0 Å². The van der Waals surface area contributed by atoms with E-state index in [0.29, 0.717) is 29.1 Å². The Hall–Kier alpha value is -2.15. The number of nitrogens with one attached hydrogen (secondary N) is 1. The summed E-state index contributed by atoms with van der Waals surface area (Å²) in [5, 5.41) is 2.78. The Morgan fingerprint density at radius 2 is 2.00 bits per heavy atom. The van der Waals surface area contributed by atoms with Gasteiger partial charge in [-0.2, -0.15) is 0 Å². The molecule has 2 aliphatic heterocycles. The second kappa shape index (κ2) is 5.19. The lowest BCUT2D eigenvalue weighted by Crippen LogP contribution is -2.39. The summed E-state index contributed by atoms with van der Waals surface area (Å²) >= 11 is 0. The smallest absolute Gasteiger partial charge is 0.273 e. The van der Waals surface area contributed by atoms with Gasteiger partial charge in [0.15, 0.2) is 0 Å². The van der Waals surface area contributed by atoms with E-state index in [-0.39, 0.29) is 5.70 Å². The molecule has 0 saturated heterocycles. The van der Waals surface area contributed by atoms with E-state index < -0.39 is 15.9 Å². The Balaban J connectivity index is 2.04. The molecule has 3 rings (SSSR count). The lowest BCUT2D eigenvalue weighted by molar-refractivity contribution is -0.117. The first-order chi connectivity index (χ1) is 10.7. The molecule has 0 saturated carbocycles. The van der Waals surface area contributed by atoms with Crippen LogP contribution in [0.1, 0.15) is 27.2 Å². The molecule has 0 aromatic rings. The number of aliphatic imine (C=N–C) groups is 1. The highest BCUT2D eigenvalue weighted by Crippen LogP contribution is 2.40. The maximum absolute atomic E-state index is 12.7. The summed E-state index contributed by atoms with van der Waals surface area (Å²) in [5.74, 6) is -0.424. The van der Waals surface area contributed by atoms with Crippen LogP contribution in [0.25, 0.3) is 0 Å². The third-order valence-electron chi connectivity index (χ3n) is 4.36. The van der Waals surface area contributed by atoms with Crippen molar-refractivity contribution in [3.8, 4) is 0 Å². The molecule has 0 fully saturated rings. The van der Waals surface area contributed by atoms with E-state index in [1.54, 1.807) is 19.2 Å². The van der Waals surface area contributed by atoms with E-state index >= 15 is 0 Å². The Morgan fingerprint density at radius 3 is 2.61 bits per heavy atom. The fourth-order valence-corrected chi connectivity index (χ4v) is 4.67. The summed E-state index contributed by atoms with van der Waals surface area (Å²) in [6.45, 7) is 6.13. The van der Waals surface area contributed by atoms with Crippen molar-refractivity contribution in [3.63, 3.8) is 0 Å². The molecule has 0 bridgehead atoms. The summed E-state index contributed by atoms with van der Waals surface area (Å²) in [7, 11) is -2.26. The summed E-state index contributed by atoms with van der Waals surface area (Å²) in [6.07, 6.45) is 3.86. The van der Waals surface area contributed by atoms with Crippen LogP contribution in [0.4, 0.5) is 0 Å². The predicted molar refractivity (Wildman–Crippen MR) is 89.0 cm³/mol. The molecule has 0 aromatic heterocycles. The van der Waals surface area contributed by atoms with Crippen molar-refractivity contribution >= 4 is 22.1 Å². The largest absolute Gasteiger partial charge is 0.319 e. The predicted octanol–water partition coefficient (Wildman–Crippen LogP) is 1.61. The van der Waals surface area contributed by atoms with Crippen LogP contribution in [-0.4, -0.2) is 38.4 Å². The zero-order valence-corrected chi connectivity index (χ0v) is 14.4. The molecule has 7 heteroatoms. The Bertz CT molecular complexity index is 870. The molecule has 0 radical (unpaired) electrons. The van der Waals surface area contributed by atoms with Gasteiger partial charge in [0.25, 0.3) is 15.9 Å². The fraction of sp³-hybridized carbons (Fsp3) is 0.375. The molecule has 6 nitrogen and oxygen atoms in total. The summed E-state index contributed by atoms with van der Waals surface area (Å²) in [4.78, 5) is 17.1. The molecule has 122 valence electrons. The van der Waals surface area contributed by atoms with Gasteiger partial charge in [-0.1, -0.05) is 5.57 Å². The second-order valence-corrected chi connectivity index (χ2v) is 8.01. The lowest BCUT2D eigenvalue weighted by Gasteiger charge is -2.29. The number of allylic oxidation sites excluding steroid dienone is 5. The van der Waals surface area contributed by atoms with Crippen molar-refractivity contribution in [2.24, 2.45) is 4.99 Å². The Morgan fingerprint density at radius 1 is 1.30 bits per heavy atom. The van der Waals surface area contributed by atoms with E-state index in [1.807, 2.05) is 13.8 Å². The Kier molecular flexibility index (Phi) is 3.55. The molecule has 3 aliphatic rings. The van der Waals surface area contributed by atoms with Crippen molar-refractivity contribution in [2.45, 2.75) is 27.2 Å². The molecule has 0 atom stereocenters. The monoisotopic (exact) mass is 333 g/mol. The van der Waals surface area contributed by atoms with Gasteiger partial charge in [0, 0.05) is 13.3 Å². The topological polar surface area (TPSA) is 78.8 Å². The number of hydrogen-bond donors (Lipinski definition) is 1. The lowest BCUT2D eigenvalue weighted by atomic mass is 10.0. The van der Waals surface area contributed by atoms with Gasteiger partial charge in [0.2, 0.25) is 0 Å². The third-order valence-corrected chi connectivity index (χ3v) is 6.19.